The van der Waals surface area contributed by atoms with Crippen molar-refractivity contribution >= 4 is 23.5 Å². The van der Waals surface area contributed by atoms with E-state index in [9.17, 15) is 14.4 Å². The Kier molecular flexibility index (Phi) is 7.27. The predicted molar refractivity (Wildman–Crippen MR) is 108 cm³/mol. The van der Waals surface area contributed by atoms with Crippen LogP contribution < -0.4 is 21.3 Å². The van der Waals surface area contributed by atoms with E-state index in [4.69, 9.17) is 4.42 Å². The zero-order valence-electron chi connectivity index (χ0n) is 16.2. The number of hydrogen-bond acceptors (Lipinski definition) is 4. The van der Waals surface area contributed by atoms with Gasteiger partial charge in [0.15, 0.2) is 5.76 Å². The van der Waals surface area contributed by atoms with Crippen LogP contribution in [0.15, 0.2) is 47.1 Å². The van der Waals surface area contributed by atoms with E-state index in [1.54, 1.807) is 30.3 Å². The summed E-state index contributed by atoms with van der Waals surface area (Å²) in [5, 5.41) is 11.0. The van der Waals surface area contributed by atoms with E-state index >= 15 is 0 Å². The average molecular weight is 398 g/mol. The maximum absolute atomic E-state index is 12.0. The van der Waals surface area contributed by atoms with Crippen molar-refractivity contribution in [1.82, 2.24) is 16.0 Å². The first-order chi connectivity index (χ1) is 14.1. The lowest BCUT2D eigenvalue weighted by atomic mass is 9.95. The Morgan fingerprint density at radius 3 is 2.59 bits per heavy atom. The molecule has 3 rings (SSSR count). The second-order valence-corrected chi connectivity index (χ2v) is 7.07. The quantitative estimate of drug-likeness (QED) is 0.574. The Morgan fingerprint density at radius 2 is 1.83 bits per heavy atom. The number of nitrogens with one attached hydrogen (secondary N) is 4. The normalized spacial score (nSPS) is 14.1. The van der Waals surface area contributed by atoms with Gasteiger partial charge >= 0.3 is 6.03 Å². The molecule has 1 aliphatic rings. The van der Waals surface area contributed by atoms with Gasteiger partial charge < -0.3 is 25.7 Å². The van der Waals surface area contributed by atoms with Crippen molar-refractivity contribution in [3.05, 3.63) is 54.0 Å². The Hall–Kier alpha value is -3.29. The fourth-order valence-electron chi connectivity index (χ4n) is 3.29. The fourth-order valence-corrected chi connectivity index (χ4v) is 3.29. The minimum absolute atomic E-state index is 0.0540. The summed E-state index contributed by atoms with van der Waals surface area (Å²) in [6.07, 6.45) is 6.94. The molecule has 1 aliphatic carbocycles. The van der Waals surface area contributed by atoms with Gasteiger partial charge in [-0.05, 0) is 42.7 Å². The molecule has 0 aliphatic heterocycles. The van der Waals surface area contributed by atoms with E-state index in [-0.39, 0.29) is 36.7 Å². The van der Waals surface area contributed by atoms with Gasteiger partial charge in [0.25, 0.3) is 5.91 Å². The number of rotatable bonds is 7. The third kappa shape index (κ3) is 6.67. The van der Waals surface area contributed by atoms with Crippen LogP contribution in [0.25, 0.3) is 0 Å². The molecule has 8 nitrogen and oxygen atoms in total. The number of carbonyl (C=O) groups excluding carboxylic acids is 3. The van der Waals surface area contributed by atoms with Gasteiger partial charge in [-0.25, -0.2) is 4.79 Å². The average Bonchev–Trinajstić information content (AvgIpc) is 3.27. The standard InChI is InChI=1S/C21H26N4O4/c26-19(24-16-7-2-1-3-8-16)14-23-21(28)22-13-15-6-4-9-17(12-15)25-20(27)18-10-5-11-29-18/h4-6,9-12,16H,1-3,7-8,13-14H2,(H,24,26)(H,25,27)(H2,22,23,28). The first-order valence-electron chi connectivity index (χ1n) is 9.85. The SMILES string of the molecule is O=C(CNC(=O)NCc1cccc(NC(=O)c2ccco2)c1)NC1CCCCC1. The van der Waals surface area contributed by atoms with Crippen LogP contribution in [0, 0.1) is 0 Å². The Bertz CT molecular complexity index is 829. The van der Waals surface area contributed by atoms with Crippen LogP contribution in [0.1, 0.15) is 48.2 Å². The summed E-state index contributed by atoms with van der Waals surface area (Å²) in [6.45, 7) is 0.210. The second-order valence-electron chi connectivity index (χ2n) is 7.07. The third-order valence-electron chi connectivity index (χ3n) is 4.76. The lowest BCUT2D eigenvalue weighted by Gasteiger charge is -2.22. The fraction of sp³-hybridized carbons (Fsp3) is 0.381. The van der Waals surface area contributed by atoms with E-state index in [1.165, 1.54) is 12.7 Å². The highest BCUT2D eigenvalue weighted by molar-refractivity contribution is 6.02. The van der Waals surface area contributed by atoms with Gasteiger partial charge in [-0.3, -0.25) is 9.59 Å². The molecule has 0 saturated heterocycles. The zero-order chi connectivity index (χ0) is 20.5. The lowest BCUT2D eigenvalue weighted by molar-refractivity contribution is -0.121. The largest absolute Gasteiger partial charge is 0.459 e. The van der Waals surface area contributed by atoms with Crippen LogP contribution in [0.3, 0.4) is 0 Å². The van der Waals surface area contributed by atoms with E-state index in [2.05, 4.69) is 21.3 Å². The number of anilines is 1. The zero-order valence-corrected chi connectivity index (χ0v) is 16.2. The van der Waals surface area contributed by atoms with Crippen molar-refractivity contribution in [1.29, 1.82) is 0 Å². The maximum atomic E-state index is 12.0. The molecule has 4 amide bonds. The molecule has 0 unspecified atom stereocenters. The van der Waals surface area contributed by atoms with Gasteiger partial charge in [-0.2, -0.15) is 0 Å². The Balaban J connectivity index is 1.39. The Morgan fingerprint density at radius 1 is 1.00 bits per heavy atom. The van der Waals surface area contributed by atoms with E-state index in [1.807, 2.05) is 6.07 Å². The third-order valence-corrected chi connectivity index (χ3v) is 4.76. The lowest BCUT2D eigenvalue weighted by Crippen LogP contribution is -2.45. The highest BCUT2D eigenvalue weighted by Gasteiger charge is 2.16. The van der Waals surface area contributed by atoms with Crippen LogP contribution in [-0.2, 0) is 11.3 Å². The molecule has 0 radical (unpaired) electrons. The highest BCUT2D eigenvalue weighted by Crippen LogP contribution is 2.17. The summed E-state index contributed by atoms with van der Waals surface area (Å²) in [5.41, 5.74) is 1.40. The molecule has 154 valence electrons. The minimum atomic E-state index is -0.422. The Labute approximate surface area is 169 Å². The van der Waals surface area contributed by atoms with Gasteiger partial charge in [0.2, 0.25) is 5.91 Å². The monoisotopic (exact) mass is 398 g/mol. The van der Waals surface area contributed by atoms with Crippen LogP contribution in [0.2, 0.25) is 0 Å². The van der Waals surface area contributed by atoms with E-state index < -0.39 is 6.03 Å². The number of amides is 4. The maximum Gasteiger partial charge on any atom is 0.315 e. The molecular weight excluding hydrogens is 372 g/mol. The molecule has 1 saturated carbocycles. The summed E-state index contributed by atoms with van der Waals surface area (Å²) in [7, 11) is 0. The van der Waals surface area contributed by atoms with Gasteiger partial charge in [0, 0.05) is 18.3 Å². The predicted octanol–water partition coefficient (Wildman–Crippen LogP) is 2.78. The minimum Gasteiger partial charge on any atom is -0.459 e. The molecule has 1 aromatic heterocycles. The summed E-state index contributed by atoms with van der Waals surface area (Å²) in [6, 6.07) is 10.1. The highest BCUT2D eigenvalue weighted by atomic mass is 16.3. The molecule has 8 heteroatoms. The molecule has 0 spiro atoms. The molecule has 1 heterocycles. The first kappa shape index (κ1) is 20.4. The number of benzene rings is 1. The first-order valence-corrected chi connectivity index (χ1v) is 9.85. The molecule has 4 N–H and O–H groups in total. The van der Waals surface area contributed by atoms with Crippen molar-refractivity contribution in [3.8, 4) is 0 Å². The van der Waals surface area contributed by atoms with Gasteiger partial charge in [0.05, 0.1) is 12.8 Å². The van der Waals surface area contributed by atoms with Gasteiger partial charge in [-0.1, -0.05) is 31.4 Å². The molecule has 29 heavy (non-hydrogen) atoms. The van der Waals surface area contributed by atoms with Crippen LogP contribution in [0.5, 0.6) is 0 Å². The van der Waals surface area contributed by atoms with Crippen molar-refractivity contribution in [3.63, 3.8) is 0 Å². The topological polar surface area (TPSA) is 112 Å². The number of furan rings is 1. The van der Waals surface area contributed by atoms with E-state index in [0.717, 1.165) is 31.2 Å². The number of carbonyl (C=O) groups is 3. The van der Waals surface area contributed by atoms with Crippen molar-refractivity contribution < 1.29 is 18.8 Å². The smallest absolute Gasteiger partial charge is 0.315 e. The van der Waals surface area contributed by atoms with E-state index in [0.29, 0.717) is 5.69 Å². The molecule has 2 aromatic rings. The van der Waals surface area contributed by atoms with Crippen LogP contribution >= 0.6 is 0 Å². The number of urea groups is 1. The molecular formula is C21H26N4O4. The number of hydrogen-bond donors (Lipinski definition) is 4. The van der Waals surface area contributed by atoms with Gasteiger partial charge in [0.1, 0.15) is 0 Å². The van der Waals surface area contributed by atoms with Crippen molar-refractivity contribution in [2.45, 2.75) is 44.7 Å². The summed E-state index contributed by atoms with van der Waals surface area (Å²) in [5.74, 6) is -0.295. The molecule has 1 fully saturated rings. The molecule has 0 bridgehead atoms. The van der Waals surface area contributed by atoms with Crippen molar-refractivity contribution in [2.75, 3.05) is 11.9 Å². The summed E-state index contributed by atoms with van der Waals surface area (Å²) in [4.78, 5) is 35.9. The summed E-state index contributed by atoms with van der Waals surface area (Å²) >= 11 is 0. The second kappa shape index (κ2) is 10.3. The molecule has 0 atom stereocenters. The van der Waals surface area contributed by atoms with Gasteiger partial charge in [-0.15, -0.1) is 0 Å². The van der Waals surface area contributed by atoms with Crippen molar-refractivity contribution in [2.24, 2.45) is 0 Å². The van der Waals surface area contributed by atoms with Crippen LogP contribution in [-0.4, -0.2) is 30.4 Å². The summed E-state index contributed by atoms with van der Waals surface area (Å²) < 4.78 is 5.06. The van der Waals surface area contributed by atoms with Crippen LogP contribution in [0.4, 0.5) is 10.5 Å². The molecule has 1 aromatic carbocycles.